The molecule has 0 rings (SSSR count). The summed E-state index contributed by atoms with van der Waals surface area (Å²) >= 11 is 3.72. The van der Waals surface area contributed by atoms with Gasteiger partial charge < -0.3 is 4.55 Å². The van der Waals surface area contributed by atoms with Crippen molar-refractivity contribution in [2.24, 2.45) is 0 Å². The number of hydrogen-bond acceptors (Lipinski definition) is 4. The lowest BCUT2D eigenvalue weighted by molar-refractivity contribution is 0.314. The molecule has 0 aromatic carbocycles. The molecule has 0 aliphatic carbocycles. The summed E-state index contributed by atoms with van der Waals surface area (Å²) in [5, 5.41) is 0.775. The van der Waals surface area contributed by atoms with Crippen LogP contribution in [0.2, 0.25) is 0 Å². The first kappa shape index (κ1) is 18.6. The lowest BCUT2D eigenvalue weighted by atomic mass is 10.1. The molecule has 6 heteroatoms. The fourth-order valence-electron chi connectivity index (χ4n) is 1.13. The third-order valence-electron chi connectivity index (χ3n) is 2.00. The van der Waals surface area contributed by atoms with Crippen LogP contribution in [0.3, 0.4) is 0 Å². The zero-order valence-corrected chi connectivity index (χ0v) is 12.2. The van der Waals surface area contributed by atoms with E-state index in [9.17, 15) is 13.0 Å². The molecule has 0 N–H and O–H groups in total. The van der Waals surface area contributed by atoms with Crippen molar-refractivity contribution in [1.82, 2.24) is 0 Å². The smallest absolute Gasteiger partial charge is 0.217 e. The predicted molar refractivity (Wildman–Crippen MR) is 69.7 cm³/mol. The van der Waals surface area contributed by atoms with Gasteiger partial charge in [0.15, 0.2) is 0 Å². The van der Waals surface area contributed by atoms with Gasteiger partial charge in [0.2, 0.25) is 10.4 Å². The minimum absolute atomic E-state index is 0.775. The summed E-state index contributed by atoms with van der Waals surface area (Å²) in [4.78, 5) is 0. The average Bonchev–Trinajstić information content (AvgIpc) is 2.18. The van der Waals surface area contributed by atoms with Gasteiger partial charge in [-0.05, 0) is 31.9 Å². The van der Waals surface area contributed by atoms with E-state index in [0.717, 1.165) is 12.4 Å². The zero-order valence-electron chi connectivity index (χ0n) is 10.4. The van der Waals surface area contributed by atoms with E-state index in [0.29, 0.717) is 0 Å². The van der Waals surface area contributed by atoms with Crippen LogP contribution < -0.4 is 0 Å². The fraction of sp³-hybridized carbons (Fsp3) is 1.00. The summed E-state index contributed by atoms with van der Waals surface area (Å²) in [7, 11) is -3.60. The number of hydrogen-bond donors (Lipinski definition) is 0. The zero-order chi connectivity index (χ0) is 13.0. The first-order chi connectivity index (χ1) is 7.37. The molecule has 1 unspecified atom stereocenters. The SMILES string of the molecule is CCCCCC([SH2+])CCC.COS(=O)(=O)[O-]. The molecule has 0 fully saturated rings. The molecule has 0 heterocycles. The second-order valence-corrected chi connectivity index (χ2v) is 5.52. The van der Waals surface area contributed by atoms with Crippen LogP contribution in [0.1, 0.15) is 52.4 Å². The van der Waals surface area contributed by atoms with Crippen LogP contribution in [0.4, 0.5) is 0 Å². The van der Waals surface area contributed by atoms with Crippen LogP contribution in [0.25, 0.3) is 0 Å². The third-order valence-corrected chi connectivity index (χ3v) is 2.98. The molecule has 0 aliphatic rings. The summed E-state index contributed by atoms with van der Waals surface area (Å²) < 4.78 is 31.0. The van der Waals surface area contributed by atoms with Crippen LogP contribution >= 0.6 is 0 Å². The third kappa shape index (κ3) is 19.7. The van der Waals surface area contributed by atoms with Crippen molar-refractivity contribution in [3.8, 4) is 0 Å². The number of rotatable bonds is 7. The molecule has 0 amide bonds. The highest BCUT2D eigenvalue weighted by atomic mass is 32.3. The molecule has 0 saturated carbocycles. The van der Waals surface area contributed by atoms with Gasteiger partial charge in [-0.2, -0.15) is 0 Å². The summed E-state index contributed by atoms with van der Waals surface area (Å²) in [6.45, 7) is 4.50. The second kappa shape index (κ2) is 11.7. The van der Waals surface area contributed by atoms with Crippen LogP contribution in [-0.4, -0.2) is 25.3 Å². The van der Waals surface area contributed by atoms with Gasteiger partial charge in [0.25, 0.3) is 0 Å². The normalized spacial score (nSPS) is 12.8. The molecular formula is C10H24O4S2. The molecule has 4 nitrogen and oxygen atoms in total. The van der Waals surface area contributed by atoms with Gasteiger partial charge in [0.05, 0.1) is 7.11 Å². The van der Waals surface area contributed by atoms with E-state index in [1.807, 2.05) is 0 Å². The van der Waals surface area contributed by atoms with Crippen molar-refractivity contribution in [3.05, 3.63) is 0 Å². The molecule has 16 heavy (non-hydrogen) atoms. The van der Waals surface area contributed by atoms with E-state index in [-0.39, 0.29) is 0 Å². The van der Waals surface area contributed by atoms with Crippen molar-refractivity contribution < 1.29 is 17.2 Å². The van der Waals surface area contributed by atoms with Crippen molar-refractivity contribution in [3.63, 3.8) is 0 Å². The minimum Gasteiger partial charge on any atom is -0.726 e. The Morgan fingerprint density at radius 1 is 1.19 bits per heavy atom. The Morgan fingerprint density at radius 3 is 2.00 bits per heavy atom. The molecule has 1 atom stereocenters. The highest BCUT2D eigenvalue weighted by molar-refractivity contribution is 7.80. The quantitative estimate of drug-likeness (QED) is 0.307. The Bertz CT molecular complexity index is 227. The highest BCUT2D eigenvalue weighted by Gasteiger charge is 2.05. The monoisotopic (exact) mass is 272 g/mol. The van der Waals surface area contributed by atoms with E-state index in [1.165, 1.54) is 38.5 Å². The van der Waals surface area contributed by atoms with E-state index in [4.69, 9.17) is 0 Å². The molecule has 100 valence electrons. The summed E-state index contributed by atoms with van der Waals surface area (Å²) in [5.74, 6) is 0. The van der Waals surface area contributed by atoms with Gasteiger partial charge >= 0.3 is 0 Å². The van der Waals surface area contributed by atoms with Crippen molar-refractivity contribution in [1.29, 1.82) is 0 Å². The molecule has 0 spiro atoms. The van der Waals surface area contributed by atoms with Crippen LogP contribution in [0.5, 0.6) is 0 Å². The molecule has 0 saturated heterocycles. The maximum absolute atomic E-state index is 9.22. The molecule has 0 aromatic rings. The van der Waals surface area contributed by atoms with Gasteiger partial charge in [-0.25, -0.2) is 8.42 Å². The maximum atomic E-state index is 9.22. The summed E-state index contributed by atoms with van der Waals surface area (Å²) in [6.07, 6.45) is 8.12. The number of unbranched alkanes of at least 4 members (excludes halogenated alkanes) is 2. The first-order valence-electron chi connectivity index (χ1n) is 5.59. The highest BCUT2D eigenvalue weighted by Crippen LogP contribution is 2.08. The Labute approximate surface area is 105 Å². The maximum Gasteiger partial charge on any atom is 0.217 e. The summed E-state index contributed by atoms with van der Waals surface area (Å²) in [5.41, 5.74) is 0. The van der Waals surface area contributed by atoms with E-state index in [1.54, 1.807) is 0 Å². The molecule has 0 aromatic heterocycles. The topological polar surface area (TPSA) is 66.4 Å². The molecule has 0 bridgehead atoms. The fourth-order valence-corrected chi connectivity index (χ4v) is 1.63. The molecule has 0 aliphatic heterocycles. The minimum atomic E-state index is -4.41. The van der Waals surface area contributed by atoms with Crippen LogP contribution in [-0.2, 0) is 27.2 Å². The average molecular weight is 272 g/mol. The standard InChI is InChI=1S/C9H20S.CH4O4S/c1-3-5-6-8-9(10)7-4-2;1-5-6(2,3)4/h9-10H,3-8H2,1-2H3;1H3,(H,2,3,4). The largest absolute Gasteiger partial charge is 0.726 e. The molecule has 0 radical (unpaired) electrons. The van der Waals surface area contributed by atoms with E-state index in [2.05, 4.69) is 30.7 Å². The van der Waals surface area contributed by atoms with E-state index < -0.39 is 10.4 Å². The van der Waals surface area contributed by atoms with Gasteiger partial charge in [0.1, 0.15) is 5.25 Å². The lowest BCUT2D eigenvalue weighted by Gasteiger charge is -2.01. The predicted octanol–water partition coefficient (Wildman–Crippen LogP) is 1.84. The van der Waals surface area contributed by atoms with Crippen molar-refractivity contribution in [2.75, 3.05) is 7.11 Å². The summed E-state index contributed by atoms with van der Waals surface area (Å²) in [6, 6.07) is 0. The van der Waals surface area contributed by atoms with Gasteiger partial charge in [-0.15, -0.1) is 0 Å². The van der Waals surface area contributed by atoms with Crippen LogP contribution in [0.15, 0.2) is 0 Å². The Morgan fingerprint density at radius 2 is 1.69 bits per heavy atom. The van der Waals surface area contributed by atoms with Gasteiger partial charge in [-0.1, -0.05) is 33.1 Å². The van der Waals surface area contributed by atoms with E-state index >= 15 is 0 Å². The second-order valence-electron chi connectivity index (χ2n) is 3.56. The Balaban J connectivity index is 0. The van der Waals surface area contributed by atoms with Crippen LogP contribution in [0, 0.1) is 0 Å². The Kier molecular flexibility index (Phi) is 13.6. The lowest BCUT2D eigenvalue weighted by Crippen LogP contribution is -2.01. The Hall–Kier alpha value is 0.220. The molecular weight excluding hydrogens is 248 g/mol. The first-order valence-corrected chi connectivity index (χ1v) is 7.50. The van der Waals surface area contributed by atoms with Crippen molar-refractivity contribution in [2.45, 2.75) is 57.6 Å². The van der Waals surface area contributed by atoms with Crippen molar-refractivity contribution >= 4 is 23.0 Å². The van der Waals surface area contributed by atoms with Gasteiger partial charge in [-0.3, -0.25) is 4.18 Å². The van der Waals surface area contributed by atoms with Gasteiger partial charge in [0, 0.05) is 0 Å².